The predicted octanol–water partition coefficient (Wildman–Crippen LogP) is 4.25. The Balaban J connectivity index is 2.24. The fourth-order valence-electron chi connectivity index (χ4n) is 1.84. The third kappa shape index (κ3) is 2.82. The molecule has 1 aromatic carbocycles. The number of methoxy groups -OCH3 is 1. The molecule has 0 unspecified atom stereocenters. The van der Waals surface area contributed by atoms with E-state index in [-0.39, 0.29) is 5.78 Å². The number of benzene rings is 1. The number of aryl methyl sites for hydroxylation is 1. The molecule has 0 spiro atoms. The number of Topliss-reactive ketones (excluding diaryl/α,β-unsaturated/α-hetero) is 1. The van der Waals surface area contributed by atoms with Gasteiger partial charge in [0.05, 0.1) is 10.9 Å². The Morgan fingerprint density at radius 1 is 1.39 bits per heavy atom. The van der Waals surface area contributed by atoms with E-state index in [1.165, 1.54) is 0 Å². The molecule has 2 nitrogen and oxygen atoms in total. The van der Waals surface area contributed by atoms with Crippen molar-refractivity contribution in [3.63, 3.8) is 0 Å². The zero-order chi connectivity index (χ0) is 13.1. The molecule has 0 N–H and O–H groups in total. The lowest BCUT2D eigenvalue weighted by Crippen LogP contribution is -2.05. The van der Waals surface area contributed by atoms with Crippen LogP contribution in [0.3, 0.4) is 0 Å². The highest BCUT2D eigenvalue weighted by Crippen LogP contribution is 2.28. The summed E-state index contributed by atoms with van der Waals surface area (Å²) in [6.07, 6.45) is 0.369. The van der Waals surface area contributed by atoms with Crippen molar-refractivity contribution in [3.8, 4) is 5.75 Å². The van der Waals surface area contributed by atoms with E-state index in [0.29, 0.717) is 6.42 Å². The third-order valence-corrected chi connectivity index (χ3v) is 4.29. The standard InChI is InChI=1S/C14H13BrO2S/c1-9-11(8-14(15)18-9)12(16)7-10-5-3-4-6-13(10)17-2/h3-6,8H,7H2,1-2H3. The van der Waals surface area contributed by atoms with Crippen LogP contribution in [0, 0.1) is 6.92 Å². The maximum atomic E-state index is 12.2. The number of hydrogen-bond donors (Lipinski definition) is 0. The number of halogens is 1. The van der Waals surface area contributed by atoms with Crippen LogP contribution in [0.25, 0.3) is 0 Å². The summed E-state index contributed by atoms with van der Waals surface area (Å²) >= 11 is 4.99. The minimum Gasteiger partial charge on any atom is -0.496 e. The van der Waals surface area contributed by atoms with E-state index in [4.69, 9.17) is 4.74 Å². The highest BCUT2D eigenvalue weighted by atomic mass is 79.9. The highest BCUT2D eigenvalue weighted by molar-refractivity contribution is 9.11. The van der Waals surface area contributed by atoms with E-state index >= 15 is 0 Å². The number of rotatable bonds is 4. The molecule has 0 atom stereocenters. The predicted molar refractivity (Wildman–Crippen MR) is 77.8 cm³/mol. The van der Waals surface area contributed by atoms with Gasteiger partial charge in [-0.3, -0.25) is 4.79 Å². The SMILES string of the molecule is COc1ccccc1CC(=O)c1cc(Br)sc1C. The molecule has 1 aromatic heterocycles. The van der Waals surface area contributed by atoms with Gasteiger partial charge in [0.15, 0.2) is 5.78 Å². The van der Waals surface area contributed by atoms with E-state index in [1.54, 1.807) is 18.4 Å². The molecule has 0 bridgehead atoms. The lowest BCUT2D eigenvalue weighted by Gasteiger charge is -2.07. The summed E-state index contributed by atoms with van der Waals surface area (Å²) in [6.45, 7) is 1.96. The van der Waals surface area contributed by atoms with Crippen molar-refractivity contribution in [3.05, 3.63) is 50.1 Å². The van der Waals surface area contributed by atoms with Gasteiger partial charge in [-0.15, -0.1) is 11.3 Å². The van der Waals surface area contributed by atoms with Gasteiger partial charge in [0.1, 0.15) is 5.75 Å². The molecule has 0 aliphatic heterocycles. The van der Waals surface area contributed by atoms with E-state index in [2.05, 4.69) is 15.9 Å². The van der Waals surface area contributed by atoms with E-state index in [0.717, 1.165) is 25.5 Å². The van der Waals surface area contributed by atoms with E-state index in [9.17, 15) is 4.79 Å². The Hall–Kier alpha value is -1.13. The van der Waals surface area contributed by atoms with Crippen molar-refractivity contribution in [2.45, 2.75) is 13.3 Å². The molecule has 0 aliphatic rings. The molecule has 94 valence electrons. The van der Waals surface area contributed by atoms with E-state index in [1.807, 2.05) is 37.3 Å². The van der Waals surface area contributed by atoms with Crippen LogP contribution in [0.15, 0.2) is 34.1 Å². The number of carbonyl (C=O) groups is 1. The molecule has 2 aromatic rings. The summed E-state index contributed by atoms with van der Waals surface area (Å²) < 4.78 is 6.25. The van der Waals surface area contributed by atoms with E-state index < -0.39 is 0 Å². The van der Waals surface area contributed by atoms with Crippen molar-refractivity contribution in [1.82, 2.24) is 0 Å². The normalized spacial score (nSPS) is 10.4. The van der Waals surface area contributed by atoms with Gasteiger partial charge in [0, 0.05) is 22.4 Å². The first-order chi connectivity index (χ1) is 8.61. The lowest BCUT2D eigenvalue weighted by atomic mass is 10.0. The fourth-order valence-corrected chi connectivity index (χ4v) is 3.55. The Labute approximate surface area is 119 Å². The third-order valence-electron chi connectivity index (χ3n) is 2.73. The van der Waals surface area contributed by atoms with Crippen molar-refractivity contribution in [2.24, 2.45) is 0 Å². The van der Waals surface area contributed by atoms with Gasteiger partial charge in [-0.2, -0.15) is 0 Å². The molecule has 0 aliphatic carbocycles. The summed E-state index contributed by atoms with van der Waals surface area (Å²) in [5, 5.41) is 0. The van der Waals surface area contributed by atoms with Crippen LogP contribution >= 0.6 is 27.3 Å². The number of hydrogen-bond acceptors (Lipinski definition) is 3. The molecule has 2 rings (SSSR count). The van der Waals surface area contributed by atoms with Gasteiger partial charge in [-0.1, -0.05) is 18.2 Å². The Morgan fingerprint density at radius 2 is 2.11 bits per heavy atom. The summed E-state index contributed by atoms with van der Waals surface area (Å²) in [7, 11) is 1.62. The van der Waals surface area contributed by atoms with Gasteiger partial charge in [-0.05, 0) is 35.0 Å². The van der Waals surface area contributed by atoms with Gasteiger partial charge in [0.2, 0.25) is 0 Å². The number of ketones is 1. The molecular weight excluding hydrogens is 312 g/mol. The van der Waals surface area contributed by atoms with Gasteiger partial charge < -0.3 is 4.74 Å². The average Bonchev–Trinajstić information content (AvgIpc) is 2.69. The van der Waals surface area contributed by atoms with Gasteiger partial charge in [-0.25, -0.2) is 0 Å². The molecule has 4 heteroatoms. The van der Waals surface area contributed by atoms with Crippen molar-refractivity contribution in [2.75, 3.05) is 7.11 Å². The molecule has 0 fully saturated rings. The second-order valence-corrected chi connectivity index (χ2v) is 6.57. The second-order valence-electron chi connectivity index (χ2n) is 3.93. The van der Waals surface area contributed by atoms with Crippen molar-refractivity contribution < 1.29 is 9.53 Å². The van der Waals surface area contributed by atoms with Crippen molar-refractivity contribution >= 4 is 33.0 Å². The lowest BCUT2D eigenvalue weighted by molar-refractivity contribution is 0.0992. The Morgan fingerprint density at radius 3 is 2.72 bits per heavy atom. The van der Waals surface area contributed by atoms with Crippen LogP contribution in [0.4, 0.5) is 0 Å². The Bertz CT molecular complexity index is 575. The maximum Gasteiger partial charge on any atom is 0.168 e. The minimum absolute atomic E-state index is 0.124. The zero-order valence-electron chi connectivity index (χ0n) is 10.2. The smallest absolute Gasteiger partial charge is 0.168 e. The van der Waals surface area contributed by atoms with Crippen LogP contribution in [-0.4, -0.2) is 12.9 Å². The highest BCUT2D eigenvalue weighted by Gasteiger charge is 2.14. The second kappa shape index (κ2) is 5.67. The molecule has 0 saturated carbocycles. The van der Waals surface area contributed by atoms with Crippen LogP contribution in [0.5, 0.6) is 5.75 Å². The van der Waals surface area contributed by atoms with Gasteiger partial charge in [0.25, 0.3) is 0 Å². The molecule has 0 saturated heterocycles. The molecule has 0 radical (unpaired) electrons. The molecule has 1 heterocycles. The quantitative estimate of drug-likeness (QED) is 0.786. The largest absolute Gasteiger partial charge is 0.496 e. The monoisotopic (exact) mass is 324 g/mol. The fraction of sp³-hybridized carbons (Fsp3) is 0.214. The van der Waals surface area contributed by atoms with Crippen LogP contribution in [0.1, 0.15) is 20.8 Å². The topological polar surface area (TPSA) is 26.3 Å². The molecular formula is C14H13BrO2S. The average molecular weight is 325 g/mol. The first-order valence-electron chi connectivity index (χ1n) is 5.53. The summed E-state index contributed by atoms with van der Waals surface area (Å²) in [5.74, 6) is 0.886. The first kappa shape index (κ1) is 13.3. The number of thiophene rings is 1. The van der Waals surface area contributed by atoms with Gasteiger partial charge >= 0.3 is 0 Å². The molecule has 0 amide bonds. The zero-order valence-corrected chi connectivity index (χ0v) is 12.6. The number of para-hydroxylation sites is 1. The summed E-state index contributed by atoms with van der Waals surface area (Å²) in [5.41, 5.74) is 1.71. The first-order valence-corrected chi connectivity index (χ1v) is 7.14. The molecule has 18 heavy (non-hydrogen) atoms. The van der Waals surface area contributed by atoms with Crippen LogP contribution in [0.2, 0.25) is 0 Å². The minimum atomic E-state index is 0.124. The summed E-state index contributed by atoms with van der Waals surface area (Å²) in [6, 6.07) is 9.50. The Kier molecular flexibility index (Phi) is 4.19. The van der Waals surface area contributed by atoms with Crippen molar-refractivity contribution in [1.29, 1.82) is 0 Å². The number of carbonyl (C=O) groups excluding carboxylic acids is 1. The number of ether oxygens (including phenoxy) is 1. The van der Waals surface area contributed by atoms with Crippen LogP contribution in [-0.2, 0) is 6.42 Å². The summed E-state index contributed by atoms with van der Waals surface area (Å²) in [4.78, 5) is 13.3. The van der Waals surface area contributed by atoms with Crippen LogP contribution < -0.4 is 4.74 Å². The maximum absolute atomic E-state index is 12.2.